The van der Waals surface area contributed by atoms with Crippen LogP contribution in [0.1, 0.15) is 60.8 Å². The van der Waals surface area contributed by atoms with Crippen molar-refractivity contribution < 1.29 is 47.6 Å². The molecule has 0 fully saturated rings. The lowest BCUT2D eigenvalue weighted by molar-refractivity contribution is -0.152. The Balaban J connectivity index is 0.000000383. The van der Waals surface area contributed by atoms with Crippen molar-refractivity contribution in [2.45, 2.75) is 60.8 Å². The Morgan fingerprint density at radius 3 is 1.44 bits per heavy atom. The molecule has 3 unspecified atom stereocenters. The summed E-state index contributed by atoms with van der Waals surface area (Å²) in [6, 6.07) is 23.5. The third kappa shape index (κ3) is 18.6. The van der Waals surface area contributed by atoms with E-state index in [9.17, 15) is 19.2 Å². The van der Waals surface area contributed by atoms with Crippen molar-refractivity contribution in [3.05, 3.63) is 85.5 Å². The van der Waals surface area contributed by atoms with Crippen LogP contribution < -0.4 is 9.47 Å². The summed E-state index contributed by atoms with van der Waals surface area (Å²) in [5.41, 5.74) is 0. The van der Waals surface area contributed by atoms with Crippen molar-refractivity contribution in [3.63, 3.8) is 0 Å². The van der Waals surface area contributed by atoms with E-state index in [-0.39, 0.29) is 55.5 Å². The molecule has 0 aliphatic carbocycles. The highest BCUT2D eigenvalue weighted by molar-refractivity contribution is 5.83. The van der Waals surface area contributed by atoms with E-state index in [0.717, 1.165) is 42.2 Å². The van der Waals surface area contributed by atoms with E-state index >= 15 is 0 Å². The van der Waals surface area contributed by atoms with Crippen LogP contribution in [0, 0.1) is 17.8 Å². The van der Waals surface area contributed by atoms with Crippen molar-refractivity contribution in [1.82, 2.24) is 0 Å². The normalized spacial score (nSPS) is 11.9. The Morgan fingerprint density at radius 1 is 0.540 bits per heavy atom. The summed E-state index contributed by atoms with van der Waals surface area (Å²) in [7, 11) is 0. The van der Waals surface area contributed by atoms with Gasteiger partial charge in [-0.3, -0.25) is 14.4 Å². The Kier molecular flexibility index (Phi) is 22.5. The quantitative estimate of drug-likeness (QED) is 0.0565. The van der Waals surface area contributed by atoms with Gasteiger partial charge >= 0.3 is 23.9 Å². The second-order valence-electron chi connectivity index (χ2n) is 11.3. The zero-order chi connectivity index (χ0) is 37.1. The van der Waals surface area contributed by atoms with Crippen LogP contribution in [0.15, 0.2) is 85.5 Å². The molecule has 3 aromatic carbocycles. The zero-order valence-electron chi connectivity index (χ0n) is 30.4. The molecule has 0 bridgehead atoms. The van der Waals surface area contributed by atoms with E-state index in [1.54, 1.807) is 6.92 Å². The van der Waals surface area contributed by atoms with Gasteiger partial charge in [0, 0.05) is 6.08 Å². The molecule has 0 aromatic heterocycles. The molecule has 0 N–H and O–H groups in total. The first-order valence-electron chi connectivity index (χ1n) is 17.1. The van der Waals surface area contributed by atoms with E-state index < -0.39 is 5.97 Å². The molecule has 274 valence electrons. The van der Waals surface area contributed by atoms with E-state index in [0.29, 0.717) is 19.8 Å². The zero-order valence-corrected chi connectivity index (χ0v) is 30.4. The fourth-order valence-corrected chi connectivity index (χ4v) is 3.65. The van der Waals surface area contributed by atoms with Crippen LogP contribution in [0.3, 0.4) is 0 Å². The number of fused-ring (bicyclic) bond motifs is 1. The topological polar surface area (TPSA) is 124 Å². The predicted molar refractivity (Wildman–Crippen MR) is 194 cm³/mol. The summed E-state index contributed by atoms with van der Waals surface area (Å²) in [6.45, 7) is 16.1. The van der Waals surface area contributed by atoms with Gasteiger partial charge < -0.3 is 28.4 Å². The first-order chi connectivity index (χ1) is 24.1. The molecule has 3 rings (SSSR count). The summed E-state index contributed by atoms with van der Waals surface area (Å²) < 4.78 is 30.6. The molecule has 0 heterocycles. The van der Waals surface area contributed by atoms with Gasteiger partial charge in [-0.05, 0) is 54.3 Å². The SMILES string of the molecule is C=CC(=O)OCCOC(=O)C(C)CC.CCC(C)C(=O)OCCOc1ccc2ccccc2c1.CCC(C)C(=O)OCCOc1ccccc1. The average molecular weight is 695 g/mol. The number of carbonyl (C=O) groups excluding carboxylic acids is 4. The number of benzene rings is 3. The second-order valence-corrected chi connectivity index (χ2v) is 11.3. The highest BCUT2D eigenvalue weighted by Gasteiger charge is 2.13. The minimum absolute atomic E-state index is 0.0308. The van der Waals surface area contributed by atoms with Crippen molar-refractivity contribution >= 4 is 34.6 Å². The van der Waals surface area contributed by atoms with Gasteiger partial charge in [0.1, 0.15) is 51.1 Å². The molecule has 0 radical (unpaired) electrons. The number of rotatable bonds is 18. The van der Waals surface area contributed by atoms with Crippen LogP contribution in [0.2, 0.25) is 0 Å². The summed E-state index contributed by atoms with van der Waals surface area (Å²) in [6.07, 6.45) is 3.41. The standard InChI is InChI=1S/C17H20O3.C13H18O3.C10H16O4/c1-3-13(2)17(18)20-11-10-19-16-9-8-14-6-4-5-7-15(14)12-16;1-3-11(2)13(14)16-10-9-15-12-7-5-4-6-8-12;1-4-8(3)10(12)14-7-6-13-9(11)5-2/h4-9,12-13H,3,10-11H2,1-2H3;4-8,11H,3,9-10H2,1-2H3;5,8H,2,4,6-7H2,1,3H3. The van der Waals surface area contributed by atoms with Gasteiger partial charge in [0.25, 0.3) is 0 Å². The minimum Gasteiger partial charge on any atom is -0.490 e. The van der Waals surface area contributed by atoms with Gasteiger partial charge in [-0.1, -0.05) is 96.7 Å². The fourth-order valence-electron chi connectivity index (χ4n) is 3.65. The molecule has 3 aromatic rings. The molecular formula is C40H54O10. The lowest BCUT2D eigenvalue weighted by Gasteiger charge is -2.10. The summed E-state index contributed by atoms with van der Waals surface area (Å²) in [5, 5.41) is 2.32. The highest BCUT2D eigenvalue weighted by Crippen LogP contribution is 2.20. The largest absolute Gasteiger partial charge is 0.490 e. The maximum atomic E-state index is 11.5. The maximum Gasteiger partial charge on any atom is 0.330 e. The van der Waals surface area contributed by atoms with Crippen LogP contribution in [-0.4, -0.2) is 63.5 Å². The van der Waals surface area contributed by atoms with Crippen LogP contribution >= 0.6 is 0 Å². The molecule has 50 heavy (non-hydrogen) atoms. The van der Waals surface area contributed by atoms with Crippen molar-refractivity contribution in [1.29, 1.82) is 0 Å². The minimum atomic E-state index is -0.510. The average Bonchev–Trinajstić information content (AvgIpc) is 3.16. The molecule has 0 amide bonds. The van der Waals surface area contributed by atoms with Crippen molar-refractivity contribution in [3.8, 4) is 11.5 Å². The molecule has 10 heteroatoms. The number of carbonyl (C=O) groups is 4. The van der Waals surface area contributed by atoms with E-state index in [4.69, 9.17) is 23.7 Å². The number of esters is 4. The number of ether oxygens (including phenoxy) is 6. The van der Waals surface area contributed by atoms with Gasteiger partial charge in [-0.2, -0.15) is 0 Å². The molecular weight excluding hydrogens is 640 g/mol. The smallest absolute Gasteiger partial charge is 0.330 e. The lowest BCUT2D eigenvalue weighted by Crippen LogP contribution is -2.17. The van der Waals surface area contributed by atoms with Crippen molar-refractivity contribution in [2.24, 2.45) is 17.8 Å². The molecule has 0 aliphatic heterocycles. The second kappa shape index (κ2) is 26.1. The third-order valence-electron chi connectivity index (χ3n) is 7.44. The van der Waals surface area contributed by atoms with Crippen LogP contribution in [0.4, 0.5) is 0 Å². The van der Waals surface area contributed by atoms with Gasteiger partial charge in [0.15, 0.2) is 0 Å². The lowest BCUT2D eigenvalue weighted by atomic mass is 10.1. The van der Waals surface area contributed by atoms with Crippen LogP contribution in [-0.2, 0) is 38.1 Å². The molecule has 3 atom stereocenters. The van der Waals surface area contributed by atoms with E-state index in [2.05, 4.69) is 17.4 Å². The Bertz CT molecular complexity index is 1420. The van der Waals surface area contributed by atoms with Crippen LogP contribution in [0.25, 0.3) is 10.8 Å². The first-order valence-corrected chi connectivity index (χ1v) is 17.1. The number of para-hydroxylation sites is 1. The summed E-state index contributed by atoms with van der Waals surface area (Å²) >= 11 is 0. The van der Waals surface area contributed by atoms with Gasteiger partial charge in [-0.25, -0.2) is 4.79 Å². The van der Waals surface area contributed by atoms with E-state index in [1.165, 1.54) is 5.39 Å². The Morgan fingerprint density at radius 2 is 0.960 bits per heavy atom. The van der Waals surface area contributed by atoms with Crippen LogP contribution in [0.5, 0.6) is 11.5 Å². The van der Waals surface area contributed by atoms with Gasteiger partial charge in [0.05, 0.1) is 17.8 Å². The molecule has 0 saturated heterocycles. The molecule has 10 nitrogen and oxygen atoms in total. The summed E-state index contributed by atoms with van der Waals surface area (Å²) in [5.74, 6) is 0.323. The molecule has 0 spiro atoms. The Labute approximate surface area is 297 Å². The van der Waals surface area contributed by atoms with Gasteiger partial charge in [-0.15, -0.1) is 0 Å². The first kappa shape index (κ1) is 43.2. The third-order valence-corrected chi connectivity index (χ3v) is 7.44. The van der Waals surface area contributed by atoms with E-state index in [1.807, 2.05) is 101 Å². The number of hydrogen-bond acceptors (Lipinski definition) is 10. The predicted octanol–water partition coefficient (Wildman–Crippen LogP) is 7.77. The monoisotopic (exact) mass is 694 g/mol. The fraction of sp³-hybridized carbons (Fsp3) is 0.450. The summed E-state index contributed by atoms with van der Waals surface area (Å²) in [4.78, 5) is 44.5. The number of hydrogen-bond donors (Lipinski definition) is 0. The van der Waals surface area contributed by atoms with Gasteiger partial charge in [0.2, 0.25) is 0 Å². The molecule has 0 saturated carbocycles. The molecule has 0 aliphatic rings. The maximum absolute atomic E-state index is 11.5. The highest BCUT2D eigenvalue weighted by atomic mass is 16.6. The Hall–Kier alpha value is -4.86. The van der Waals surface area contributed by atoms with Crippen molar-refractivity contribution in [2.75, 3.05) is 39.6 Å².